The van der Waals surface area contributed by atoms with Gasteiger partial charge in [-0.25, -0.2) is 9.13 Å². The molecular formula is C33H46N12O4. The van der Waals surface area contributed by atoms with E-state index < -0.39 is 0 Å². The summed E-state index contributed by atoms with van der Waals surface area (Å²) in [5.41, 5.74) is 1.24. The summed E-state index contributed by atoms with van der Waals surface area (Å²) < 4.78 is 7.14. The molecule has 0 bridgehead atoms. The van der Waals surface area contributed by atoms with Gasteiger partial charge in [-0.05, 0) is 46.6 Å². The van der Waals surface area contributed by atoms with Crippen molar-refractivity contribution in [1.29, 1.82) is 0 Å². The highest BCUT2D eigenvalue weighted by atomic mass is 16.3. The second-order valence-corrected chi connectivity index (χ2v) is 9.40. The Kier molecular flexibility index (Phi) is 21.0. The van der Waals surface area contributed by atoms with Crippen molar-refractivity contribution >= 4 is 23.8 Å². The molecule has 0 saturated carbocycles. The van der Waals surface area contributed by atoms with Crippen molar-refractivity contribution in [2.24, 2.45) is 40.9 Å². The van der Waals surface area contributed by atoms with E-state index in [9.17, 15) is 0 Å². The van der Waals surface area contributed by atoms with Gasteiger partial charge in [-0.3, -0.25) is 0 Å². The third-order valence-corrected chi connectivity index (χ3v) is 6.05. The first-order chi connectivity index (χ1) is 23.1. The average molecular weight is 675 g/mol. The van der Waals surface area contributed by atoms with Crippen LogP contribution in [0.4, 0.5) is 11.6 Å². The Morgan fingerprint density at radius 2 is 1.16 bits per heavy atom. The Labute approximate surface area is 286 Å². The maximum atomic E-state index is 9.05. The Morgan fingerprint density at radius 1 is 0.653 bits per heavy atom. The number of aromatic nitrogens is 4. The highest BCUT2D eigenvalue weighted by Crippen LogP contribution is 2.05. The number of pyridine rings is 4. The van der Waals surface area contributed by atoms with Gasteiger partial charge in [0.25, 0.3) is 0 Å². The van der Waals surface area contributed by atoms with E-state index in [0.29, 0.717) is 54.6 Å². The average Bonchev–Trinajstić information content (AvgIpc) is 3.09. The van der Waals surface area contributed by atoms with Crippen LogP contribution in [-0.2, 0) is 26.2 Å². The van der Waals surface area contributed by atoms with Gasteiger partial charge in [0, 0.05) is 44.5 Å². The van der Waals surface area contributed by atoms with E-state index in [1.807, 2.05) is 73.3 Å². The van der Waals surface area contributed by atoms with Crippen LogP contribution in [0.1, 0.15) is 6.92 Å². The first kappa shape index (κ1) is 41.6. The van der Waals surface area contributed by atoms with E-state index in [4.69, 9.17) is 20.4 Å². The molecule has 4 aromatic rings. The number of aliphatic hydroxyl groups excluding tert-OH is 4. The molecule has 0 spiro atoms. The lowest BCUT2D eigenvalue weighted by atomic mass is 10.4. The number of aliphatic hydroxyl groups is 4. The molecule has 0 aliphatic heterocycles. The molecule has 0 aromatic carbocycles. The van der Waals surface area contributed by atoms with Crippen LogP contribution in [-0.4, -0.2) is 68.2 Å². The molecule has 0 fully saturated rings. The molecular weight excluding hydrogens is 628 g/mol. The quantitative estimate of drug-likeness (QED) is 0.0421. The zero-order chi connectivity index (χ0) is 33.5. The summed E-state index contributed by atoms with van der Waals surface area (Å²) in [5.74, 6) is 1.63. The smallest absolute Gasteiger partial charge is 0.350 e. The van der Waals surface area contributed by atoms with Gasteiger partial charge >= 0.3 is 11.6 Å². The Morgan fingerprint density at radius 3 is 1.69 bits per heavy atom. The molecule has 0 aliphatic carbocycles. The summed E-state index contributed by atoms with van der Waals surface area (Å²) in [4.78, 5) is 0. The van der Waals surface area contributed by atoms with E-state index in [1.54, 1.807) is 49.5 Å². The van der Waals surface area contributed by atoms with Crippen molar-refractivity contribution in [2.45, 2.75) is 33.1 Å². The molecule has 16 heteroatoms. The zero-order valence-electron chi connectivity index (χ0n) is 28.1. The maximum absolute atomic E-state index is 9.05. The fourth-order valence-corrected chi connectivity index (χ4v) is 3.88. The summed E-state index contributed by atoms with van der Waals surface area (Å²) in [6.45, 7) is 3.59. The minimum atomic E-state index is 0. The Hall–Kier alpha value is -5.42. The zero-order valence-corrected chi connectivity index (χ0v) is 28.1. The standard InChI is InChI=1S/C16H21N6O2.C15H19N6O2.2CH3/c1-14(17-19-15-6-2-4-8-21(15)10-12-23)18-20-16-7-3-5-9-22(16)11-13-24;22-11-9-20-7-3-1-5-14(20)18-16-13-17-19-15-6-2-4-8-21(15)10-12-23;;/h2-9,23-24H,10-13H2,1H3;1-8,13,22-23H,9-12H2;2*1H3/q2*+1;2*-1. The molecule has 262 valence electrons. The van der Waals surface area contributed by atoms with E-state index in [2.05, 4.69) is 40.9 Å². The maximum Gasteiger partial charge on any atom is 0.350 e. The SMILES string of the molecule is C/C(N=Nc1cccc[n+]1CCO)=N\N=c1/ccccn1CCO.OCCn1ccccc1=NN=CN=Nc1cccc[n+]1CCO.[CH3-].[CH3-]. The molecule has 49 heavy (non-hydrogen) atoms. The van der Waals surface area contributed by atoms with Crippen LogP contribution in [0, 0.1) is 14.9 Å². The van der Waals surface area contributed by atoms with Crippen LogP contribution in [0.25, 0.3) is 0 Å². The third-order valence-electron chi connectivity index (χ3n) is 6.05. The highest BCUT2D eigenvalue weighted by Gasteiger charge is 2.08. The van der Waals surface area contributed by atoms with Crippen LogP contribution < -0.4 is 20.1 Å². The van der Waals surface area contributed by atoms with E-state index in [-0.39, 0.29) is 41.3 Å². The Bertz CT molecular complexity index is 1780. The van der Waals surface area contributed by atoms with Crippen molar-refractivity contribution in [1.82, 2.24) is 9.13 Å². The van der Waals surface area contributed by atoms with Crippen molar-refractivity contribution in [3.8, 4) is 0 Å². The molecule has 16 nitrogen and oxygen atoms in total. The second-order valence-electron chi connectivity index (χ2n) is 9.40. The second kappa shape index (κ2) is 24.7. The van der Waals surface area contributed by atoms with Crippen molar-refractivity contribution in [3.05, 3.63) is 123 Å². The van der Waals surface area contributed by atoms with Gasteiger partial charge in [0.2, 0.25) is 0 Å². The van der Waals surface area contributed by atoms with Gasteiger partial charge < -0.3 is 44.4 Å². The summed E-state index contributed by atoms with van der Waals surface area (Å²) >= 11 is 0. The topological polar surface area (TPSA) is 197 Å². The summed E-state index contributed by atoms with van der Waals surface area (Å²) in [5, 5.41) is 68.2. The van der Waals surface area contributed by atoms with Crippen LogP contribution >= 0.6 is 0 Å². The number of rotatable bonds is 13. The van der Waals surface area contributed by atoms with Crippen LogP contribution in [0.3, 0.4) is 0 Å². The molecule has 0 radical (unpaired) electrons. The fourth-order valence-electron chi connectivity index (χ4n) is 3.88. The van der Waals surface area contributed by atoms with Gasteiger partial charge in [0.1, 0.15) is 13.1 Å². The fraction of sp³-hybridized carbons (Fsp3) is 0.273. The van der Waals surface area contributed by atoms with Crippen LogP contribution in [0.2, 0.25) is 0 Å². The molecule has 4 heterocycles. The number of amidine groups is 1. The first-order valence-corrected chi connectivity index (χ1v) is 14.8. The summed E-state index contributed by atoms with van der Waals surface area (Å²) in [7, 11) is 0. The molecule has 0 atom stereocenters. The van der Waals surface area contributed by atoms with Crippen LogP contribution in [0.15, 0.2) is 138 Å². The van der Waals surface area contributed by atoms with Gasteiger partial charge in [-0.15, -0.1) is 20.4 Å². The van der Waals surface area contributed by atoms with Gasteiger partial charge in [0.15, 0.2) is 23.1 Å². The highest BCUT2D eigenvalue weighted by molar-refractivity contribution is 5.79. The largest absolute Gasteiger partial charge is 0.395 e. The number of hydrogen-bond donors (Lipinski definition) is 4. The normalized spacial score (nSPS) is 12.2. The molecule has 4 rings (SSSR count). The van der Waals surface area contributed by atoms with E-state index in [0.717, 1.165) is 0 Å². The lowest BCUT2D eigenvalue weighted by Gasteiger charge is -2.02. The van der Waals surface area contributed by atoms with E-state index in [1.165, 1.54) is 6.34 Å². The number of nitrogens with zero attached hydrogens (tertiary/aromatic N) is 12. The predicted octanol–water partition coefficient (Wildman–Crippen LogP) is 2.07. The molecule has 0 aliphatic rings. The molecule has 0 saturated heterocycles. The lowest BCUT2D eigenvalue weighted by Crippen LogP contribution is -2.35. The van der Waals surface area contributed by atoms with Gasteiger partial charge in [0.05, 0.1) is 49.0 Å². The molecule has 0 amide bonds. The molecule has 0 unspecified atom stereocenters. The molecule has 4 N–H and O–H groups in total. The van der Waals surface area contributed by atoms with Gasteiger partial charge in [-0.1, -0.05) is 24.3 Å². The van der Waals surface area contributed by atoms with Crippen molar-refractivity contribution in [2.75, 3.05) is 26.4 Å². The predicted molar refractivity (Wildman–Crippen MR) is 185 cm³/mol. The number of hydrogen-bond acceptors (Lipinski definition) is 10. The van der Waals surface area contributed by atoms with Crippen LogP contribution in [0.5, 0.6) is 0 Å². The van der Waals surface area contributed by atoms with Crippen molar-refractivity contribution < 1.29 is 29.6 Å². The van der Waals surface area contributed by atoms with Crippen molar-refractivity contribution in [3.63, 3.8) is 0 Å². The Balaban J connectivity index is 0.000000471. The summed E-state index contributed by atoms with van der Waals surface area (Å²) in [6, 6.07) is 22.0. The minimum Gasteiger partial charge on any atom is -0.395 e. The third kappa shape index (κ3) is 14.9. The number of azo groups is 2. The molecule has 4 aromatic heterocycles. The lowest BCUT2D eigenvalue weighted by molar-refractivity contribution is -0.685. The summed E-state index contributed by atoms with van der Waals surface area (Å²) in [6.07, 6.45) is 8.51. The van der Waals surface area contributed by atoms with Gasteiger partial charge in [-0.2, -0.15) is 0 Å². The monoisotopic (exact) mass is 674 g/mol. The van der Waals surface area contributed by atoms with E-state index >= 15 is 0 Å². The minimum absolute atomic E-state index is 0. The first-order valence-electron chi connectivity index (χ1n) is 14.8.